The van der Waals surface area contributed by atoms with Gasteiger partial charge in [0.05, 0.1) is 12.0 Å². The summed E-state index contributed by atoms with van der Waals surface area (Å²) in [4.78, 5) is 24.3. The number of benzene rings is 2. The highest BCUT2D eigenvalue weighted by Gasteiger charge is 2.27. The minimum Gasteiger partial charge on any atom is -0.458 e. The van der Waals surface area contributed by atoms with Crippen molar-refractivity contribution in [2.45, 2.75) is 38.4 Å². The zero-order valence-corrected chi connectivity index (χ0v) is 17.6. The van der Waals surface area contributed by atoms with Crippen LogP contribution in [0.4, 0.5) is 11.4 Å². The third-order valence-electron chi connectivity index (χ3n) is 5.39. The molecule has 0 radical (unpaired) electrons. The van der Waals surface area contributed by atoms with Crippen LogP contribution in [-0.4, -0.2) is 25.2 Å². The Morgan fingerprint density at radius 1 is 1.03 bits per heavy atom. The second-order valence-electron chi connectivity index (χ2n) is 7.60. The molecule has 0 aliphatic heterocycles. The number of esters is 2. The molecule has 0 saturated heterocycles. The molecule has 0 atom stereocenters. The van der Waals surface area contributed by atoms with E-state index in [0.717, 1.165) is 31.2 Å². The van der Waals surface area contributed by atoms with Gasteiger partial charge in [0.15, 0.2) is 0 Å². The van der Waals surface area contributed by atoms with E-state index in [4.69, 9.17) is 25.7 Å². The largest absolute Gasteiger partial charge is 0.458 e. The summed E-state index contributed by atoms with van der Waals surface area (Å²) >= 11 is 0. The normalized spacial score (nSPS) is 18.6. The third kappa shape index (κ3) is 6.58. The van der Waals surface area contributed by atoms with E-state index in [0.29, 0.717) is 22.7 Å². The number of hydrogen-bond acceptors (Lipinski definition) is 7. The van der Waals surface area contributed by atoms with E-state index in [1.165, 1.54) is 6.08 Å². The summed E-state index contributed by atoms with van der Waals surface area (Å²) in [5.41, 5.74) is 14.1. The Morgan fingerprint density at radius 2 is 1.74 bits per heavy atom. The van der Waals surface area contributed by atoms with Crippen molar-refractivity contribution in [1.29, 1.82) is 0 Å². The Hall–Kier alpha value is -3.32. The van der Waals surface area contributed by atoms with Crippen LogP contribution < -0.4 is 16.2 Å². The molecule has 0 heterocycles. The Balaban J connectivity index is 1.47. The van der Waals surface area contributed by atoms with Crippen LogP contribution in [0.15, 0.2) is 48.5 Å². The van der Waals surface area contributed by atoms with Crippen molar-refractivity contribution in [2.75, 3.05) is 18.6 Å². The fourth-order valence-electron chi connectivity index (χ4n) is 3.49. The lowest BCUT2D eigenvalue weighted by Gasteiger charge is -2.26. The molecular formula is C24H28N2O5. The van der Waals surface area contributed by atoms with Crippen LogP contribution in [0.25, 0.3) is 6.08 Å². The molecule has 0 spiro atoms. The van der Waals surface area contributed by atoms with Crippen molar-refractivity contribution in [2.24, 2.45) is 5.92 Å². The summed E-state index contributed by atoms with van der Waals surface area (Å²) in [5, 5.41) is 0. The number of hydrogen-bond donors (Lipinski definition) is 2. The van der Waals surface area contributed by atoms with Crippen LogP contribution in [0.3, 0.4) is 0 Å². The second-order valence-corrected chi connectivity index (χ2v) is 7.60. The van der Waals surface area contributed by atoms with Crippen molar-refractivity contribution in [3.05, 3.63) is 59.7 Å². The zero-order valence-electron chi connectivity index (χ0n) is 17.6. The molecule has 2 aromatic rings. The molecule has 3 rings (SSSR count). The quantitative estimate of drug-likeness (QED) is 0.301. The molecule has 1 fully saturated rings. The molecule has 2 aromatic carbocycles. The van der Waals surface area contributed by atoms with E-state index in [9.17, 15) is 9.59 Å². The molecule has 7 nitrogen and oxygen atoms in total. The average Bonchev–Trinajstić information content (AvgIpc) is 2.79. The van der Waals surface area contributed by atoms with Crippen LogP contribution in [0, 0.1) is 5.92 Å². The van der Waals surface area contributed by atoms with Crippen LogP contribution in [0.5, 0.6) is 5.75 Å². The van der Waals surface area contributed by atoms with Gasteiger partial charge < -0.3 is 25.7 Å². The van der Waals surface area contributed by atoms with Crippen molar-refractivity contribution < 1.29 is 23.8 Å². The number of rotatable bonds is 7. The van der Waals surface area contributed by atoms with Crippen molar-refractivity contribution in [3.63, 3.8) is 0 Å². The van der Waals surface area contributed by atoms with Gasteiger partial charge in [-0.2, -0.15) is 0 Å². The van der Waals surface area contributed by atoms with Crippen LogP contribution >= 0.6 is 0 Å². The van der Waals surface area contributed by atoms with Crippen molar-refractivity contribution in [3.8, 4) is 5.75 Å². The van der Waals surface area contributed by atoms with Gasteiger partial charge in [-0.3, -0.25) is 4.79 Å². The molecule has 1 aliphatic rings. The van der Waals surface area contributed by atoms with Crippen molar-refractivity contribution >= 4 is 29.4 Å². The number of nitrogen functional groups attached to an aromatic ring is 2. The first-order chi connectivity index (χ1) is 14.9. The molecule has 1 saturated carbocycles. The summed E-state index contributed by atoms with van der Waals surface area (Å²) in [6.07, 6.45) is 6.51. The molecule has 7 heteroatoms. The lowest BCUT2D eigenvalue weighted by atomic mass is 9.87. The fraction of sp³-hybridized carbons (Fsp3) is 0.333. The van der Waals surface area contributed by atoms with Crippen LogP contribution in [0.1, 0.15) is 36.8 Å². The summed E-state index contributed by atoms with van der Waals surface area (Å²) in [7, 11) is 1.70. The maximum Gasteiger partial charge on any atom is 0.331 e. The Bertz CT molecular complexity index is 931. The Morgan fingerprint density at radius 3 is 2.42 bits per heavy atom. The number of ether oxygens (including phenoxy) is 3. The number of methoxy groups -OCH3 is 1. The lowest BCUT2D eigenvalue weighted by molar-refractivity contribution is -0.141. The maximum absolute atomic E-state index is 12.3. The van der Waals surface area contributed by atoms with Gasteiger partial charge in [0.1, 0.15) is 12.4 Å². The number of carbonyl (C=O) groups is 2. The third-order valence-corrected chi connectivity index (χ3v) is 5.39. The van der Waals surface area contributed by atoms with Crippen LogP contribution in [0.2, 0.25) is 0 Å². The summed E-state index contributed by atoms with van der Waals surface area (Å²) in [5.74, 6) is -0.309. The number of anilines is 2. The predicted octanol–water partition coefficient (Wildman–Crippen LogP) is 3.72. The smallest absolute Gasteiger partial charge is 0.331 e. The van der Waals surface area contributed by atoms with E-state index in [-0.39, 0.29) is 24.6 Å². The highest BCUT2D eigenvalue weighted by molar-refractivity contribution is 5.87. The monoisotopic (exact) mass is 424 g/mol. The molecule has 0 amide bonds. The number of carbonyl (C=O) groups excluding carboxylic acids is 2. The highest BCUT2D eigenvalue weighted by atomic mass is 16.5. The standard InChI is InChI=1S/C24H28N2O5/c1-29-20-10-5-17(6-11-20)24(28)31-21-8-2-16(3-9-21)4-13-23(27)30-15-18-14-19(25)7-12-22(18)26/h2-4,7-9,12-14,17,20H,5-6,10-11,15,25-26H2,1H3/b13-4+. The van der Waals surface area contributed by atoms with E-state index >= 15 is 0 Å². The van der Waals surface area contributed by atoms with Crippen LogP contribution in [-0.2, 0) is 25.7 Å². The zero-order chi connectivity index (χ0) is 22.2. The lowest BCUT2D eigenvalue weighted by Crippen LogP contribution is -2.28. The molecule has 31 heavy (non-hydrogen) atoms. The van der Waals surface area contributed by atoms with E-state index < -0.39 is 5.97 Å². The molecule has 1 aliphatic carbocycles. The van der Waals surface area contributed by atoms with Gasteiger partial charge in [0.25, 0.3) is 0 Å². The van der Waals surface area contributed by atoms with Gasteiger partial charge in [0, 0.05) is 30.1 Å². The van der Waals surface area contributed by atoms with Gasteiger partial charge in [-0.1, -0.05) is 12.1 Å². The van der Waals surface area contributed by atoms with Gasteiger partial charge >= 0.3 is 11.9 Å². The minimum absolute atomic E-state index is 0.0429. The summed E-state index contributed by atoms with van der Waals surface area (Å²) < 4.78 is 16.0. The predicted molar refractivity (Wildman–Crippen MR) is 119 cm³/mol. The van der Waals surface area contributed by atoms with Gasteiger partial charge in [-0.25, -0.2) is 4.79 Å². The molecule has 0 bridgehead atoms. The molecule has 4 N–H and O–H groups in total. The van der Waals surface area contributed by atoms with Gasteiger partial charge in [-0.05, 0) is 67.7 Å². The Kier molecular flexibility index (Phi) is 7.67. The van der Waals surface area contributed by atoms with Crippen molar-refractivity contribution in [1.82, 2.24) is 0 Å². The average molecular weight is 424 g/mol. The van der Waals surface area contributed by atoms with Gasteiger partial charge in [-0.15, -0.1) is 0 Å². The maximum atomic E-state index is 12.3. The van der Waals surface area contributed by atoms with E-state index in [1.807, 2.05) is 0 Å². The first-order valence-corrected chi connectivity index (χ1v) is 10.3. The minimum atomic E-state index is -0.496. The van der Waals surface area contributed by atoms with E-state index in [1.54, 1.807) is 55.7 Å². The fourth-order valence-corrected chi connectivity index (χ4v) is 3.49. The molecule has 0 aromatic heterocycles. The number of nitrogens with two attached hydrogens (primary N) is 2. The Labute approximate surface area is 182 Å². The first-order valence-electron chi connectivity index (χ1n) is 10.3. The second kappa shape index (κ2) is 10.6. The SMILES string of the molecule is COC1CCC(C(=O)Oc2ccc(/C=C/C(=O)OCc3cc(N)ccc3N)cc2)CC1. The topological polar surface area (TPSA) is 114 Å². The molecule has 164 valence electrons. The molecule has 0 unspecified atom stereocenters. The molecular weight excluding hydrogens is 396 g/mol. The first kappa shape index (κ1) is 22.4. The van der Waals surface area contributed by atoms with Gasteiger partial charge in [0.2, 0.25) is 0 Å². The summed E-state index contributed by atoms with van der Waals surface area (Å²) in [6.45, 7) is 0.0429. The summed E-state index contributed by atoms with van der Waals surface area (Å²) in [6, 6.07) is 12.0. The van der Waals surface area contributed by atoms with E-state index in [2.05, 4.69) is 0 Å². The highest BCUT2D eigenvalue weighted by Crippen LogP contribution is 2.27.